The second kappa shape index (κ2) is 8.62. The minimum atomic E-state index is -4.57. The lowest BCUT2D eigenvalue weighted by Gasteiger charge is -2.15. The molecular formula is C17H14Cl2F3NO3. The summed E-state index contributed by atoms with van der Waals surface area (Å²) in [6, 6.07) is 6.94. The summed E-state index contributed by atoms with van der Waals surface area (Å²) in [6.45, 7) is 0.339. The number of hydrogen-bond donors (Lipinski definition) is 1. The molecular weight excluding hydrogens is 394 g/mol. The van der Waals surface area contributed by atoms with Crippen LogP contribution in [0.3, 0.4) is 0 Å². The summed E-state index contributed by atoms with van der Waals surface area (Å²) in [5.41, 5.74) is -0.948. The van der Waals surface area contributed by atoms with Gasteiger partial charge in [-0.1, -0.05) is 23.2 Å². The van der Waals surface area contributed by atoms with Crippen molar-refractivity contribution in [1.29, 1.82) is 0 Å². The van der Waals surface area contributed by atoms with Crippen LogP contribution in [0.2, 0.25) is 10.0 Å². The van der Waals surface area contributed by atoms with Crippen LogP contribution in [0, 0.1) is 0 Å². The van der Waals surface area contributed by atoms with E-state index in [1.54, 1.807) is 0 Å². The molecule has 0 saturated heterocycles. The largest absolute Gasteiger partial charge is 0.489 e. The smallest absolute Gasteiger partial charge is 0.416 e. The third-order valence-corrected chi connectivity index (χ3v) is 3.66. The topological polar surface area (TPSA) is 47.6 Å². The van der Waals surface area contributed by atoms with E-state index in [9.17, 15) is 18.0 Å². The molecule has 0 fully saturated rings. The summed E-state index contributed by atoms with van der Waals surface area (Å²) in [7, 11) is 1.46. The summed E-state index contributed by atoms with van der Waals surface area (Å²) in [6.07, 6.45) is -4.57. The Balaban J connectivity index is 2.32. The van der Waals surface area contributed by atoms with E-state index in [2.05, 4.69) is 5.32 Å². The maximum Gasteiger partial charge on any atom is 0.416 e. The maximum absolute atomic E-state index is 13.0. The number of ether oxygens (including phenoxy) is 2. The molecule has 26 heavy (non-hydrogen) atoms. The van der Waals surface area contributed by atoms with Crippen LogP contribution in [0.1, 0.15) is 15.9 Å². The molecule has 2 aromatic carbocycles. The normalized spacial score (nSPS) is 11.3. The van der Waals surface area contributed by atoms with Crippen LogP contribution >= 0.6 is 23.2 Å². The molecule has 4 nitrogen and oxygen atoms in total. The molecule has 9 heteroatoms. The van der Waals surface area contributed by atoms with Gasteiger partial charge in [0.05, 0.1) is 17.9 Å². The van der Waals surface area contributed by atoms with Gasteiger partial charge in [-0.15, -0.1) is 0 Å². The Hall–Kier alpha value is -1.96. The molecule has 0 radical (unpaired) electrons. The SMILES string of the molecule is COCCOc1ccc(C(F)(F)F)cc1NC(=O)c1cc(Cl)cc(Cl)c1. The minimum absolute atomic E-state index is 0.0801. The minimum Gasteiger partial charge on any atom is -0.489 e. The Morgan fingerprint density at radius 2 is 1.73 bits per heavy atom. The lowest BCUT2D eigenvalue weighted by molar-refractivity contribution is -0.137. The predicted octanol–water partition coefficient (Wildman–Crippen LogP) is 5.29. The number of methoxy groups -OCH3 is 1. The number of hydrogen-bond acceptors (Lipinski definition) is 3. The summed E-state index contributed by atoms with van der Waals surface area (Å²) < 4.78 is 49.1. The molecule has 0 aliphatic heterocycles. The highest BCUT2D eigenvalue weighted by molar-refractivity contribution is 6.35. The summed E-state index contributed by atoms with van der Waals surface area (Å²) in [4.78, 5) is 12.4. The van der Waals surface area contributed by atoms with Crippen molar-refractivity contribution in [2.45, 2.75) is 6.18 Å². The quantitative estimate of drug-likeness (QED) is 0.661. The molecule has 0 bridgehead atoms. The fourth-order valence-corrected chi connectivity index (χ4v) is 2.57. The number of carbonyl (C=O) groups excluding carboxylic acids is 1. The Labute approximate surface area is 157 Å². The van der Waals surface area contributed by atoms with E-state index in [0.717, 1.165) is 18.2 Å². The number of nitrogens with one attached hydrogen (secondary N) is 1. The van der Waals surface area contributed by atoms with E-state index in [1.807, 2.05) is 0 Å². The van der Waals surface area contributed by atoms with Gasteiger partial charge in [-0.3, -0.25) is 4.79 Å². The highest BCUT2D eigenvalue weighted by Crippen LogP contribution is 2.35. The van der Waals surface area contributed by atoms with Crippen molar-refractivity contribution in [1.82, 2.24) is 0 Å². The molecule has 2 rings (SSSR count). The van der Waals surface area contributed by atoms with Gasteiger partial charge in [0.1, 0.15) is 12.4 Å². The lowest BCUT2D eigenvalue weighted by Crippen LogP contribution is -2.15. The van der Waals surface area contributed by atoms with Crippen LogP contribution in [-0.4, -0.2) is 26.2 Å². The van der Waals surface area contributed by atoms with Crippen LogP contribution in [0.5, 0.6) is 5.75 Å². The zero-order valence-electron chi connectivity index (χ0n) is 13.5. The first kappa shape index (κ1) is 20.4. The fourth-order valence-electron chi connectivity index (χ4n) is 2.04. The van der Waals surface area contributed by atoms with Crippen molar-refractivity contribution in [2.75, 3.05) is 25.6 Å². The molecule has 0 aliphatic carbocycles. The van der Waals surface area contributed by atoms with Gasteiger partial charge in [0.25, 0.3) is 5.91 Å². The van der Waals surface area contributed by atoms with Gasteiger partial charge in [-0.25, -0.2) is 0 Å². The van der Waals surface area contributed by atoms with Crippen molar-refractivity contribution in [3.63, 3.8) is 0 Å². The number of alkyl halides is 3. The molecule has 0 atom stereocenters. The average molecular weight is 408 g/mol. The third-order valence-electron chi connectivity index (χ3n) is 3.22. The Bertz CT molecular complexity index is 777. The fraction of sp³-hybridized carbons (Fsp3) is 0.235. The Kier molecular flexibility index (Phi) is 6.75. The summed E-state index contributed by atoms with van der Waals surface area (Å²) in [5.74, 6) is -0.596. The van der Waals surface area contributed by atoms with E-state index < -0.39 is 17.6 Å². The summed E-state index contributed by atoms with van der Waals surface area (Å²) >= 11 is 11.7. The number of halogens is 5. The molecule has 1 amide bonds. The van der Waals surface area contributed by atoms with E-state index in [4.69, 9.17) is 32.7 Å². The summed E-state index contributed by atoms with van der Waals surface area (Å²) in [5, 5.41) is 2.85. The zero-order valence-corrected chi connectivity index (χ0v) is 15.0. The van der Waals surface area contributed by atoms with E-state index in [0.29, 0.717) is 0 Å². The van der Waals surface area contributed by atoms with Gasteiger partial charge >= 0.3 is 6.18 Å². The van der Waals surface area contributed by atoms with Gasteiger partial charge in [0, 0.05) is 22.7 Å². The van der Waals surface area contributed by atoms with Crippen molar-refractivity contribution in [2.24, 2.45) is 0 Å². The van der Waals surface area contributed by atoms with Gasteiger partial charge in [0.15, 0.2) is 0 Å². The molecule has 0 unspecified atom stereocenters. The van der Waals surface area contributed by atoms with Crippen LogP contribution < -0.4 is 10.1 Å². The van der Waals surface area contributed by atoms with Crippen LogP contribution in [0.15, 0.2) is 36.4 Å². The standard InChI is InChI=1S/C17H14Cl2F3NO3/c1-25-4-5-26-15-3-2-11(17(20,21)22)8-14(15)23-16(24)10-6-12(18)9-13(19)7-10/h2-3,6-9H,4-5H2,1H3,(H,23,24). The highest BCUT2D eigenvalue weighted by atomic mass is 35.5. The molecule has 1 N–H and O–H groups in total. The van der Waals surface area contributed by atoms with Crippen LogP contribution in [0.25, 0.3) is 0 Å². The van der Waals surface area contributed by atoms with Gasteiger partial charge < -0.3 is 14.8 Å². The third kappa shape index (κ3) is 5.52. The first-order chi connectivity index (χ1) is 12.2. The monoisotopic (exact) mass is 407 g/mol. The molecule has 0 heterocycles. The second-order valence-electron chi connectivity index (χ2n) is 5.16. The molecule has 140 valence electrons. The number of carbonyl (C=O) groups is 1. The van der Waals surface area contributed by atoms with E-state index >= 15 is 0 Å². The van der Waals surface area contributed by atoms with Crippen molar-refractivity contribution in [3.05, 3.63) is 57.6 Å². The molecule has 0 spiro atoms. The molecule has 0 aromatic heterocycles. The second-order valence-corrected chi connectivity index (χ2v) is 6.04. The molecule has 2 aromatic rings. The first-order valence-corrected chi connectivity index (χ1v) is 8.06. The zero-order chi connectivity index (χ0) is 19.3. The number of anilines is 1. The van der Waals surface area contributed by atoms with Crippen LogP contribution in [0.4, 0.5) is 18.9 Å². The maximum atomic E-state index is 13.0. The van der Waals surface area contributed by atoms with Gasteiger partial charge in [-0.05, 0) is 36.4 Å². The lowest BCUT2D eigenvalue weighted by atomic mass is 10.1. The van der Waals surface area contributed by atoms with Gasteiger partial charge in [-0.2, -0.15) is 13.2 Å². The van der Waals surface area contributed by atoms with Crippen molar-refractivity contribution < 1.29 is 27.4 Å². The Morgan fingerprint density at radius 3 is 2.31 bits per heavy atom. The predicted molar refractivity (Wildman–Crippen MR) is 93.2 cm³/mol. The van der Waals surface area contributed by atoms with Crippen molar-refractivity contribution in [3.8, 4) is 5.75 Å². The number of rotatable bonds is 6. The number of benzene rings is 2. The van der Waals surface area contributed by atoms with E-state index in [1.165, 1.54) is 25.3 Å². The highest BCUT2D eigenvalue weighted by Gasteiger charge is 2.31. The Morgan fingerprint density at radius 1 is 1.08 bits per heavy atom. The van der Waals surface area contributed by atoms with E-state index in [-0.39, 0.29) is 40.3 Å². The number of amides is 1. The van der Waals surface area contributed by atoms with Crippen LogP contribution in [-0.2, 0) is 10.9 Å². The van der Waals surface area contributed by atoms with Gasteiger partial charge in [0.2, 0.25) is 0 Å². The molecule has 0 aliphatic rings. The average Bonchev–Trinajstić information content (AvgIpc) is 2.54. The molecule has 0 saturated carbocycles. The van der Waals surface area contributed by atoms with Crippen molar-refractivity contribution >= 4 is 34.8 Å². The first-order valence-electron chi connectivity index (χ1n) is 7.31.